The van der Waals surface area contributed by atoms with Crippen molar-refractivity contribution in [1.29, 1.82) is 0 Å². The zero-order chi connectivity index (χ0) is 8.85. The van der Waals surface area contributed by atoms with Crippen LogP contribution in [0.25, 0.3) is 0 Å². The summed E-state index contributed by atoms with van der Waals surface area (Å²) >= 11 is 0. The van der Waals surface area contributed by atoms with Gasteiger partial charge < -0.3 is 10.2 Å². The molecule has 0 aromatic rings. The first-order valence-electron chi connectivity index (χ1n) is 4.16. The Labute approximate surface area is 68.6 Å². The lowest BCUT2D eigenvalue weighted by molar-refractivity contribution is 0.0628. The SMILES string of the molecule is CCN(CCO)C(C)C(C)O. The van der Waals surface area contributed by atoms with Crippen LogP contribution in [-0.2, 0) is 0 Å². The Morgan fingerprint density at radius 1 is 1.36 bits per heavy atom. The zero-order valence-corrected chi connectivity index (χ0v) is 7.62. The van der Waals surface area contributed by atoms with Gasteiger partial charge >= 0.3 is 0 Å². The molecule has 0 rings (SSSR count). The molecule has 3 heteroatoms. The first kappa shape index (κ1) is 10.9. The molecule has 0 bridgehead atoms. The topological polar surface area (TPSA) is 43.7 Å². The lowest BCUT2D eigenvalue weighted by atomic mass is 10.2. The quantitative estimate of drug-likeness (QED) is 0.599. The number of hydrogen-bond acceptors (Lipinski definition) is 3. The van der Waals surface area contributed by atoms with E-state index in [-0.39, 0.29) is 18.8 Å². The molecule has 11 heavy (non-hydrogen) atoms. The zero-order valence-electron chi connectivity index (χ0n) is 7.62. The molecule has 0 aliphatic heterocycles. The van der Waals surface area contributed by atoms with Gasteiger partial charge in [-0.25, -0.2) is 0 Å². The summed E-state index contributed by atoms with van der Waals surface area (Å²) in [6.45, 7) is 7.42. The Bertz CT molecular complexity index is 96.1. The average molecular weight is 161 g/mol. The van der Waals surface area contributed by atoms with Crippen molar-refractivity contribution in [2.24, 2.45) is 0 Å². The fourth-order valence-electron chi connectivity index (χ4n) is 1.08. The Morgan fingerprint density at radius 2 is 1.91 bits per heavy atom. The number of hydrogen-bond donors (Lipinski definition) is 2. The van der Waals surface area contributed by atoms with Crippen LogP contribution < -0.4 is 0 Å². The van der Waals surface area contributed by atoms with Crippen LogP contribution in [0.2, 0.25) is 0 Å². The van der Waals surface area contributed by atoms with Gasteiger partial charge in [0, 0.05) is 12.6 Å². The normalized spacial score (nSPS) is 16.9. The average Bonchev–Trinajstić information content (AvgIpc) is 1.98. The van der Waals surface area contributed by atoms with E-state index in [0.717, 1.165) is 6.54 Å². The predicted octanol–water partition coefficient (Wildman–Crippen LogP) is 0.0699. The van der Waals surface area contributed by atoms with Gasteiger partial charge in [-0.3, -0.25) is 4.90 Å². The van der Waals surface area contributed by atoms with Crippen molar-refractivity contribution in [2.75, 3.05) is 19.7 Å². The van der Waals surface area contributed by atoms with E-state index in [0.29, 0.717) is 6.54 Å². The van der Waals surface area contributed by atoms with Gasteiger partial charge in [-0.1, -0.05) is 6.92 Å². The molecule has 68 valence electrons. The van der Waals surface area contributed by atoms with Crippen molar-refractivity contribution in [3.8, 4) is 0 Å². The smallest absolute Gasteiger partial charge is 0.0664 e. The lowest BCUT2D eigenvalue weighted by Crippen LogP contribution is -2.41. The van der Waals surface area contributed by atoms with Crippen LogP contribution in [0, 0.1) is 0 Å². The van der Waals surface area contributed by atoms with Gasteiger partial charge in [-0.2, -0.15) is 0 Å². The number of nitrogens with zero attached hydrogens (tertiary/aromatic N) is 1. The highest BCUT2D eigenvalue weighted by atomic mass is 16.3. The number of aliphatic hydroxyl groups excluding tert-OH is 2. The van der Waals surface area contributed by atoms with E-state index in [9.17, 15) is 5.11 Å². The van der Waals surface area contributed by atoms with Gasteiger partial charge in [0.2, 0.25) is 0 Å². The maximum Gasteiger partial charge on any atom is 0.0664 e. The van der Waals surface area contributed by atoms with E-state index in [1.165, 1.54) is 0 Å². The summed E-state index contributed by atoms with van der Waals surface area (Å²) in [6.07, 6.45) is -0.332. The molecule has 0 saturated carbocycles. The van der Waals surface area contributed by atoms with Crippen LogP contribution in [0.1, 0.15) is 20.8 Å². The minimum Gasteiger partial charge on any atom is -0.395 e. The van der Waals surface area contributed by atoms with E-state index in [2.05, 4.69) is 0 Å². The number of rotatable bonds is 5. The van der Waals surface area contributed by atoms with E-state index in [1.54, 1.807) is 6.92 Å². The molecular formula is C8H19NO2. The molecule has 0 saturated heterocycles. The van der Waals surface area contributed by atoms with E-state index in [4.69, 9.17) is 5.11 Å². The highest BCUT2D eigenvalue weighted by Crippen LogP contribution is 2.02. The third kappa shape index (κ3) is 3.70. The molecule has 3 nitrogen and oxygen atoms in total. The van der Waals surface area contributed by atoms with Crippen LogP contribution in [0.5, 0.6) is 0 Å². The molecular weight excluding hydrogens is 142 g/mol. The summed E-state index contributed by atoms with van der Waals surface area (Å²) in [5, 5.41) is 17.9. The predicted molar refractivity (Wildman–Crippen MR) is 45.5 cm³/mol. The lowest BCUT2D eigenvalue weighted by Gasteiger charge is -2.28. The summed E-state index contributed by atoms with van der Waals surface area (Å²) in [5.74, 6) is 0. The first-order chi connectivity index (χ1) is 5.13. The molecule has 0 aromatic carbocycles. The molecule has 2 atom stereocenters. The van der Waals surface area contributed by atoms with Crippen molar-refractivity contribution < 1.29 is 10.2 Å². The van der Waals surface area contributed by atoms with E-state index >= 15 is 0 Å². The maximum absolute atomic E-state index is 9.23. The van der Waals surface area contributed by atoms with Crippen LogP contribution in [0.4, 0.5) is 0 Å². The number of likely N-dealkylation sites (N-methyl/N-ethyl adjacent to an activating group) is 1. The summed E-state index contributed by atoms with van der Waals surface area (Å²) in [5.41, 5.74) is 0. The van der Waals surface area contributed by atoms with Gasteiger partial charge in [0.15, 0.2) is 0 Å². The standard InChI is InChI=1S/C8H19NO2/c1-4-9(5-6-10)7(2)8(3)11/h7-8,10-11H,4-6H2,1-3H3. The third-order valence-corrected chi connectivity index (χ3v) is 2.07. The monoisotopic (exact) mass is 161 g/mol. The Morgan fingerprint density at radius 3 is 2.18 bits per heavy atom. The van der Waals surface area contributed by atoms with Crippen LogP contribution in [0.3, 0.4) is 0 Å². The summed E-state index contributed by atoms with van der Waals surface area (Å²) < 4.78 is 0. The summed E-state index contributed by atoms with van der Waals surface area (Å²) in [6, 6.07) is 0.132. The van der Waals surface area contributed by atoms with Crippen molar-refractivity contribution in [3.63, 3.8) is 0 Å². The molecule has 0 aliphatic rings. The second-order valence-electron chi connectivity index (χ2n) is 2.83. The van der Waals surface area contributed by atoms with Crippen molar-refractivity contribution in [2.45, 2.75) is 32.9 Å². The Hall–Kier alpha value is -0.120. The van der Waals surface area contributed by atoms with E-state index < -0.39 is 0 Å². The minimum atomic E-state index is -0.332. The maximum atomic E-state index is 9.23. The summed E-state index contributed by atoms with van der Waals surface area (Å²) in [4.78, 5) is 2.05. The van der Waals surface area contributed by atoms with Crippen LogP contribution >= 0.6 is 0 Å². The second-order valence-corrected chi connectivity index (χ2v) is 2.83. The Balaban J connectivity index is 3.81. The van der Waals surface area contributed by atoms with Gasteiger partial charge in [0.25, 0.3) is 0 Å². The van der Waals surface area contributed by atoms with Crippen LogP contribution in [0.15, 0.2) is 0 Å². The van der Waals surface area contributed by atoms with Crippen LogP contribution in [-0.4, -0.2) is 47.0 Å². The second kappa shape index (κ2) is 5.52. The highest BCUT2D eigenvalue weighted by Gasteiger charge is 2.15. The Kier molecular flexibility index (Phi) is 5.46. The molecule has 0 aliphatic carbocycles. The van der Waals surface area contributed by atoms with Crippen molar-refractivity contribution in [1.82, 2.24) is 4.90 Å². The molecule has 0 amide bonds. The molecule has 0 radical (unpaired) electrons. The molecule has 0 heterocycles. The van der Waals surface area contributed by atoms with Crippen molar-refractivity contribution in [3.05, 3.63) is 0 Å². The summed E-state index contributed by atoms with van der Waals surface area (Å²) in [7, 11) is 0. The first-order valence-corrected chi connectivity index (χ1v) is 4.16. The molecule has 2 N–H and O–H groups in total. The minimum absolute atomic E-state index is 0.132. The van der Waals surface area contributed by atoms with Crippen molar-refractivity contribution >= 4 is 0 Å². The molecule has 2 unspecified atom stereocenters. The van der Waals surface area contributed by atoms with Gasteiger partial charge in [0.1, 0.15) is 0 Å². The molecule has 0 fully saturated rings. The fraction of sp³-hybridized carbons (Fsp3) is 1.00. The van der Waals surface area contributed by atoms with Gasteiger partial charge in [0.05, 0.1) is 12.7 Å². The third-order valence-electron chi connectivity index (χ3n) is 2.07. The largest absolute Gasteiger partial charge is 0.395 e. The highest BCUT2D eigenvalue weighted by molar-refractivity contribution is 4.70. The van der Waals surface area contributed by atoms with E-state index in [1.807, 2.05) is 18.7 Å². The fourth-order valence-corrected chi connectivity index (χ4v) is 1.08. The number of aliphatic hydroxyl groups is 2. The molecule has 0 aromatic heterocycles. The van der Waals surface area contributed by atoms with Gasteiger partial charge in [-0.05, 0) is 20.4 Å². The molecule has 0 spiro atoms. The van der Waals surface area contributed by atoms with Gasteiger partial charge in [-0.15, -0.1) is 0 Å².